The number of halogens is 5. The average Bonchev–Trinajstić information content (AvgIpc) is 2.75. The minimum absolute atomic E-state index is 0. The highest BCUT2D eigenvalue weighted by molar-refractivity contribution is 14.0. The third-order valence-corrected chi connectivity index (χ3v) is 5.13. The second kappa shape index (κ2) is 11.6. The van der Waals surface area contributed by atoms with Crippen LogP contribution < -0.4 is 10.1 Å². The number of pyridine rings is 1. The van der Waals surface area contributed by atoms with Gasteiger partial charge in [-0.15, -0.1) is 24.0 Å². The van der Waals surface area contributed by atoms with Crippen molar-refractivity contribution in [1.82, 2.24) is 20.1 Å². The molecule has 6 nitrogen and oxygen atoms in total. The summed E-state index contributed by atoms with van der Waals surface area (Å²) in [5.41, 5.74) is 0.887. The van der Waals surface area contributed by atoms with Gasteiger partial charge in [0.05, 0.1) is 0 Å². The molecule has 0 amide bonds. The maximum atomic E-state index is 13.0. The Kier molecular flexibility index (Phi) is 9.49. The number of guanidine groups is 1. The van der Waals surface area contributed by atoms with Crippen LogP contribution in [-0.2, 0) is 6.54 Å². The third kappa shape index (κ3) is 7.19. The summed E-state index contributed by atoms with van der Waals surface area (Å²) in [6.45, 7) is 3.16. The van der Waals surface area contributed by atoms with E-state index >= 15 is 0 Å². The van der Waals surface area contributed by atoms with Crippen molar-refractivity contribution in [3.05, 3.63) is 54.0 Å². The first-order valence-electron chi connectivity index (χ1n) is 9.91. The number of nitrogens with one attached hydrogen (secondary N) is 1. The lowest BCUT2D eigenvalue weighted by Crippen LogP contribution is -2.56. The Labute approximate surface area is 201 Å². The predicted molar refractivity (Wildman–Crippen MR) is 125 cm³/mol. The third-order valence-electron chi connectivity index (χ3n) is 5.13. The lowest BCUT2D eigenvalue weighted by atomic mass is 10.2. The van der Waals surface area contributed by atoms with Crippen LogP contribution in [0.5, 0.6) is 11.6 Å². The first-order valence-corrected chi connectivity index (χ1v) is 9.91. The first-order chi connectivity index (χ1) is 14.8. The minimum Gasteiger partial charge on any atom is -0.439 e. The number of ether oxygens (including phenoxy) is 1. The highest BCUT2D eigenvalue weighted by Gasteiger charge is 2.41. The van der Waals surface area contributed by atoms with Crippen LogP contribution in [0.2, 0.25) is 0 Å². The number of hydrogen-bond acceptors (Lipinski definition) is 4. The number of piperazine rings is 1. The van der Waals surface area contributed by atoms with Crippen LogP contribution in [0.25, 0.3) is 0 Å². The Morgan fingerprint density at radius 1 is 1.16 bits per heavy atom. The highest BCUT2D eigenvalue weighted by atomic mass is 127. The summed E-state index contributed by atoms with van der Waals surface area (Å²) in [6, 6.07) is 7.76. The van der Waals surface area contributed by atoms with E-state index in [1.54, 1.807) is 19.3 Å². The molecule has 1 fully saturated rings. The van der Waals surface area contributed by atoms with Crippen LogP contribution in [-0.4, -0.2) is 66.2 Å². The molecule has 32 heavy (non-hydrogen) atoms. The average molecular weight is 567 g/mol. The lowest BCUT2D eigenvalue weighted by Gasteiger charge is -2.39. The van der Waals surface area contributed by atoms with Gasteiger partial charge in [-0.3, -0.25) is 9.89 Å². The number of alkyl halides is 3. The topological polar surface area (TPSA) is 53.0 Å². The van der Waals surface area contributed by atoms with E-state index in [4.69, 9.17) is 4.74 Å². The van der Waals surface area contributed by atoms with Gasteiger partial charge in [-0.2, -0.15) is 13.2 Å². The van der Waals surface area contributed by atoms with Crippen molar-refractivity contribution in [2.24, 2.45) is 4.99 Å². The molecule has 0 radical (unpaired) electrons. The maximum Gasteiger partial charge on any atom is 0.403 e. The number of benzene rings is 1. The molecule has 1 N–H and O–H groups in total. The molecule has 176 valence electrons. The van der Waals surface area contributed by atoms with Gasteiger partial charge < -0.3 is 15.0 Å². The molecule has 1 aliphatic heterocycles. The standard InChI is InChI=1S/C21H25F4N5O.HI/c1-15(21(23,24)25)29-9-11-30(12-10-29)20(26-2)28-14-16-7-8-27-19(13-16)31-18-5-3-17(22)4-6-18;/h3-8,13,15H,9-12,14H2,1-2H3,(H,26,28);1H. The van der Waals surface area contributed by atoms with Gasteiger partial charge in [0.1, 0.15) is 17.6 Å². The van der Waals surface area contributed by atoms with Crippen molar-refractivity contribution in [1.29, 1.82) is 0 Å². The Hall–Kier alpha value is -2.15. The van der Waals surface area contributed by atoms with E-state index in [0.29, 0.717) is 50.3 Å². The van der Waals surface area contributed by atoms with Crippen LogP contribution in [0.15, 0.2) is 47.6 Å². The summed E-state index contributed by atoms with van der Waals surface area (Å²) in [5, 5.41) is 3.23. The first kappa shape index (κ1) is 26.1. The molecule has 1 aromatic heterocycles. The zero-order valence-electron chi connectivity index (χ0n) is 17.8. The Morgan fingerprint density at radius 3 is 2.41 bits per heavy atom. The van der Waals surface area contributed by atoms with E-state index < -0.39 is 12.2 Å². The summed E-state index contributed by atoms with van der Waals surface area (Å²) in [4.78, 5) is 11.8. The number of nitrogens with zero attached hydrogens (tertiary/aromatic N) is 4. The molecule has 1 saturated heterocycles. The van der Waals surface area contributed by atoms with Gasteiger partial charge in [0.15, 0.2) is 5.96 Å². The van der Waals surface area contributed by atoms with Gasteiger partial charge in [-0.1, -0.05) is 0 Å². The van der Waals surface area contributed by atoms with E-state index in [1.807, 2.05) is 11.0 Å². The minimum atomic E-state index is -4.23. The summed E-state index contributed by atoms with van der Waals surface area (Å²) in [6.07, 6.45) is -2.62. The molecule has 11 heteroatoms. The number of rotatable bonds is 5. The molecule has 1 aromatic carbocycles. The van der Waals surface area contributed by atoms with Crippen LogP contribution in [0.4, 0.5) is 17.6 Å². The number of hydrogen-bond donors (Lipinski definition) is 1. The molecule has 1 atom stereocenters. The summed E-state index contributed by atoms with van der Waals surface area (Å²) >= 11 is 0. The molecule has 1 aliphatic rings. The smallest absolute Gasteiger partial charge is 0.403 e. The molecular formula is C21H26F4IN5O. The van der Waals surface area contributed by atoms with Gasteiger partial charge in [0.2, 0.25) is 5.88 Å². The fraction of sp³-hybridized carbons (Fsp3) is 0.429. The van der Waals surface area contributed by atoms with Gasteiger partial charge in [-0.25, -0.2) is 9.37 Å². The van der Waals surface area contributed by atoms with Crippen molar-refractivity contribution < 1.29 is 22.3 Å². The van der Waals surface area contributed by atoms with Crippen LogP contribution >= 0.6 is 24.0 Å². The van der Waals surface area contributed by atoms with E-state index in [9.17, 15) is 17.6 Å². The van der Waals surface area contributed by atoms with Gasteiger partial charge in [0.25, 0.3) is 0 Å². The van der Waals surface area contributed by atoms with Gasteiger partial charge >= 0.3 is 6.18 Å². The number of aliphatic imine (C=N–C) groups is 1. The fourth-order valence-corrected chi connectivity index (χ4v) is 3.28. The second-order valence-electron chi connectivity index (χ2n) is 7.20. The SMILES string of the molecule is CN=C(NCc1ccnc(Oc2ccc(F)cc2)c1)N1CCN(C(C)C(F)(F)F)CC1.I. The zero-order chi connectivity index (χ0) is 22.4. The van der Waals surface area contributed by atoms with Crippen molar-refractivity contribution in [3.63, 3.8) is 0 Å². The van der Waals surface area contributed by atoms with Crippen molar-refractivity contribution >= 4 is 29.9 Å². The van der Waals surface area contributed by atoms with Crippen LogP contribution in [0.3, 0.4) is 0 Å². The Bertz CT molecular complexity index is 887. The molecule has 2 heterocycles. The summed E-state index contributed by atoms with van der Waals surface area (Å²) in [5.74, 6) is 1.12. The predicted octanol–water partition coefficient (Wildman–Crippen LogP) is 4.27. The quantitative estimate of drug-likeness (QED) is 0.253. The maximum absolute atomic E-state index is 13.0. The van der Waals surface area contributed by atoms with Crippen molar-refractivity contribution in [3.8, 4) is 11.6 Å². The molecule has 0 bridgehead atoms. The summed E-state index contributed by atoms with van der Waals surface area (Å²) < 4.78 is 57.4. The van der Waals surface area contributed by atoms with Crippen molar-refractivity contribution in [2.75, 3.05) is 33.2 Å². The van der Waals surface area contributed by atoms with Gasteiger partial charge in [0, 0.05) is 52.0 Å². The largest absolute Gasteiger partial charge is 0.439 e. The molecule has 0 spiro atoms. The normalized spacial score (nSPS) is 16.3. The zero-order valence-corrected chi connectivity index (χ0v) is 20.1. The molecule has 0 aliphatic carbocycles. The van der Waals surface area contributed by atoms with Crippen molar-refractivity contribution in [2.45, 2.75) is 25.7 Å². The van der Waals surface area contributed by atoms with E-state index in [1.165, 1.54) is 36.1 Å². The lowest BCUT2D eigenvalue weighted by molar-refractivity contribution is -0.181. The molecule has 2 aromatic rings. The highest BCUT2D eigenvalue weighted by Crippen LogP contribution is 2.25. The van der Waals surface area contributed by atoms with Crippen LogP contribution in [0, 0.1) is 5.82 Å². The molecule has 0 saturated carbocycles. The van der Waals surface area contributed by atoms with E-state index in [0.717, 1.165) is 5.56 Å². The number of aromatic nitrogens is 1. The van der Waals surface area contributed by atoms with E-state index in [2.05, 4.69) is 15.3 Å². The molecule has 1 unspecified atom stereocenters. The molecule has 3 rings (SSSR count). The molecular weight excluding hydrogens is 541 g/mol. The van der Waals surface area contributed by atoms with Crippen LogP contribution in [0.1, 0.15) is 12.5 Å². The Balaban J connectivity index is 0.00000363. The monoisotopic (exact) mass is 567 g/mol. The van der Waals surface area contributed by atoms with Gasteiger partial charge in [-0.05, 0) is 42.8 Å². The second-order valence-corrected chi connectivity index (χ2v) is 7.20. The fourth-order valence-electron chi connectivity index (χ4n) is 3.28. The van der Waals surface area contributed by atoms with E-state index in [-0.39, 0.29) is 29.8 Å². The summed E-state index contributed by atoms with van der Waals surface area (Å²) in [7, 11) is 1.64. The Morgan fingerprint density at radius 2 is 1.81 bits per heavy atom.